The van der Waals surface area contributed by atoms with Crippen molar-refractivity contribution in [2.24, 2.45) is 0 Å². The summed E-state index contributed by atoms with van der Waals surface area (Å²) in [4.78, 5) is 37.4. The lowest BCUT2D eigenvalue weighted by Crippen LogP contribution is -2.39. The van der Waals surface area contributed by atoms with E-state index in [0.29, 0.717) is 34.6 Å². The van der Waals surface area contributed by atoms with E-state index in [1.54, 1.807) is 24.1 Å². The van der Waals surface area contributed by atoms with Crippen molar-refractivity contribution in [3.63, 3.8) is 0 Å². The van der Waals surface area contributed by atoms with E-state index in [4.69, 9.17) is 4.98 Å². The molecule has 1 fully saturated rings. The van der Waals surface area contributed by atoms with Gasteiger partial charge in [0.25, 0.3) is 6.43 Å². The Morgan fingerprint density at radius 2 is 1.97 bits per heavy atom. The van der Waals surface area contributed by atoms with Gasteiger partial charge in [0.1, 0.15) is 17.6 Å². The minimum Gasteiger partial charge on any atom is -0.338 e. The Bertz CT molecular complexity index is 1520. The van der Waals surface area contributed by atoms with Gasteiger partial charge < -0.3 is 9.47 Å². The predicted octanol–water partition coefficient (Wildman–Crippen LogP) is 3.79. The standard InChI is InChI=1S/C23H20F2N6O3/c1-10-22(32)30(2)9-16-17(27-21(31(10)16)11-6-7-11)12-4-3-5-15-13(12)8-14(19(24)25)18(26-15)20-28-23(33)34-29-20/h3-5,8,10-11,19H,6-7,9H2,1-2H3,(H,28,29,33). The number of benzene rings is 1. The first kappa shape index (κ1) is 20.7. The van der Waals surface area contributed by atoms with Gasteiger partial charge in [-0.2, -0.15) is 0 Å². The maximum Gasteiger partial charge on any atom is 0.439 e. The zero-order chi connectivity index (χ0) is 23.7. The van der Waals surface area contributed by atoms with Crippen molar-refractivity contribution < 1.29 is 18.1 Å². The predicted molar refractivity (Wildman–Crippen MR) is 117 cm³/mol. The van der Waals surface area contributed by atoms with Gasteiger partial charge in [0.05, 0.1) is 23.4 Å². The summed E-state index contributed by atoms with van der Waals surface area (Å²) in [5.41, 5.74) is 2.15. The van der Waals surface area contributed by atoms with E-state index in [1.165, 1.54) is 6.07 Å². The van der Waals surface area contributed by atoms with Gasteiger partial charge in [-0.3, -0.25) is 14.3 Å². The lowest BCUT2D eigenvalue weighted by molar-refractivity contribution is -0.135. The molecule has 0 radical (unpaired) electrons. The minimum absolute atomic E-state index is 0.0177. The number of halogens is 2. The number of likely N-dealkylation sites (N-methyl/N-ethyl adjacent to an activating group) is 1. The number of aromatic nitrogens is 5. The molecule has 1 aliphatic heterocycles. The molecule has 34 heavy (non-hydrogen) atoms. The highest BCUT2D eigenvalue weighted by Crippen LogP contribution is 2.45. The van der Waals surface area contributed by atoms with Gasteiger partial charge >= 0.3 is 5.76 Å². The molecule has 1 saturated carbocycles. The summed E-state index contributed by atoms with van der Waals surface area (Å²) in [6.07, 6.45) is -0.835. The Kier molecular flexibility index (Phi) is 4.45. The van der Waals surface area contributed by atoms with Crippen molar-refractivity contribution in [1.29, 1.82) is 0 Å². The number of alkyl halides is 2. The molecule has 1 amide bonds. The monoisotopic (exact) mass is 466 g/mol. The first-order chi connectivity index (χ1) is 16.3. The number of fused-ring (bicyclic) bond motifs is 2. The summed E-state index contributed by atoms with van der Waals surface area (Å²) in [7, 11) is 1.75. The number of amides is 1. The first-order valence-corrected chi connectivity index (χ1v) is 11.0. The second-order valence-electron chi connectivity index (χ2n) is 8.82. The molecule has 6 rings (SSSR count). The van der Waals surface area contributed by atoms with Gasteiger partial charge in [-0.15, -0.1) is 0 Å². The van der Waals surface area contributed by atoms with Gasteiger partial charge in [-0.05, 0) is 31.9 Å². The maximum atomic E-state index is 14.1. The van der Waals surface area contributed by atoms with E-state index >= 15 is 0 Å². The fourth-order valence-corrected chi connectivity index (χ4v) is 4.75. The molecule has 0 saturated heterocycles. The summed E-state index contributed by atoms with van der Waals surface area (Å²) in [5.74, 6) is 0.179. The van der Waals surface area contributed by atoms with Crippen LogP contribution in [0.4, 0.5) is 8.78 Å². The number of hydrogen-bond donors (Lipinski definition) is 1. The summed E-state index contributed by atoms with van der Waals surface area (Å²) < 4.78 is 34.6. The molecule has 1 atom stereocenters. The molecule has 1 aromatic carbocycles. The Hall–Kier alpha value is -3.89. The third kappa shape index (κ3) is 3.06. The molecule has 2 aliphatic rings. The first-order valence-electron chi connectivity index (χ1n) is 11.0. The highest BCUT2D eigenvalue weighted by molar-refractivity contribution is 5.96. The van der Waals surface area contributed by atoms with Crippen molar-refractivity contribution in [3.8, 4) is 22.8 Å². The van der Waals surface area contributed by atoms with Crippen molar-refractivity contribution in [1.82, 2.24) is 29.6 Å². The van der Waals surface area contributed by atoms with Crippen LogP contribution in [0.3, 0.4) is 0 Å². The molecule has 4 heterocycles. The lowest BCUT2D eigenvalue weighted by atomic mass is 10.00. The van der Waals surface area contributed by atoms with Crippen LogP contribution in [0.2, 0.25) is 0 Å². The fraction of sp³-hybridized carbons (Fsp3) is 0.348. The number of carbonyl (C=O) groups is 1. The zero-order valence-electron chi connectivity index (χ0n) is 18.4. The molecule has 1 unspecified atom stereocenters. The van der Waals surface area contributed by atoms with Gasteiger partial charge in [-0.25, -0.2) is 23.5 Å². The summed E-state index contributed by atoms with van der Waals surface area (Å²) >= 11 is 0. The fourth-order valence-electron chi connectivity index (χ4n) is 4.75. The number of hydrogen-bond acceptors (Lipinski definition) is 6. The van der Waals surface area contributed by atoms with Crippen molar-refractivity contribution in [2.45, 2.75) is 44.7 Å². The van der Waals surface area contributed by atoms with Crippen LogP contribution in [0, 0.1) is 0 Å². The molecule has 174 valence electrons. The van der Waals surface area contributed by atoms with E-state index < -0.39 is 12.2 Å². The number of nitrogens with one attached hydrogen (secondary N) is 1. The molecule has 4 aromatic rings. The van der Waals surface area contributed by atoms with E-state index in [9.17, 15) is 18.4 Å². The molecule has 9 nitrogen and oxygen atoms in total. The Morgan fingerprint density at radius 3 is 2.65 bits per heavy atom. The Balaban J connectivity index is 1.60. The molecule has 0 spiro atoms. The number of imidazole rings is 1. The van der Waals surface area contributed by atoms with Crippen LogP contribution in [0.15, 0.2) is 33.6 Å². The Labute approximate surface area is 191 Å². The smallest absolute Gasteiger partial charge is 0.338 e. The number of aromatic amines is 1. The summed E-state index contributed by atoms with van der Waals surface area (Å²) in [5, 5.41) is 4.04. The number of rotatable bonds is 4. The van der Waals surface area contributed by atoms with Crippen molar-refractivity contribution >= 4 is 16.8 Å². The van der Waals surface area contributed by atoms with Gasteiger partial charge in [0.2, 0.25) is 11.7 Å². The van der Waals surface area contributed by atoms with Gasteiger partial charge in [0, 0.05) is 29.5 Å². The van der Waals surface area contributed by atoms with Crippen LogP contribution < -0.4 is 5.76 Å². The molecule has 11 heteroatoms. The molecule has 3 aromatic heterocycles. The number of carbonyl (C=O) groups excluding carboxylic acids is 1. The van der Waals surface area contributed by atoms with E-state index in [0.717, 1.165) is 24.4 Å². The van der Waals surface area contributed by atoms with Crippen molar-refractivity contribution in [3.05, 3.63) is 51.9 Å². The largest absolute Gasteiger partial charge is 0.439 e. The van der Waals surface area contributed by atoms with Crippen LogP contribution in [-0.2, 0) is 11.3 Å². The van der Waals surface area contributed by atoms with E-state index in [-0.39, 0.29) is 29.0 Å². The van der Waals surface area contributed by atoms with Crippen molar-refractivity contribution in [2.75, 3.05) is 7.05 Å². The average Bonchev–Trinajstić information content (AvgIpc) is 3.46. The third-order valence-electron chi connectivity index (χ3n) is 6.53. The normalized spacial score (nSPS) is 18.2. The van der Waals surface area contributed by atoms with E-state index in [2.05, 4.69) is 19.6 Å². The number of H-pyrrole nitrogens is 1. The Morgan fingerprint density at radius 1 is 1.18 bits per heavy atom. The summed E-state index contributed by atoms with van der Waals surface area (Å²) in [6.45, 7) is 2.24. The molecule has 1 aliphatic carbocycles. The quantitative estimate of drug-likeness (QED) is 0.490. The minimum atomic E-state index is -2.86. The van der Waals surface area contributed by atoms with Crippen LogP contribution in [0.25, 0.3) is 33.7 Å². The number of pyridine rings is 1. The molecular formula is C23H20F2N6O3. The average molecular weight is 466 g/mol. The van der Waals surface area contributed by atoms with Crippen LogP contribution in [-0.4, -0.2) is 42.5 Å². The molecular weight excluding hydrogens is 446 g/mol. The highest BCUT2D eigenvalue weighted by Gasteiger charge is 2.38. The molecule has 1 N–H and O–H groups in total. The maximum absolute atomic E-state index is 14.1. The second kappa shape index (κ2) is 7.31. The van der Waals surface area contributed by atoms with Crippen LogP contribution in [0.1, 0.15) is 55.2 Å². The summed E-state index contributed by atoms with van der Waals surface area (Å²) in [6, 6.07) is 6.31. The van der Waals surface area contributed by atoms with Gasteiger partial charge in [-0.1, -0.05) is 17.3 Å². The second-order valence-corrected chi connectivity index (χ2v) is 8.82. The van der Waals surface area contributed by atoms with Crippen LogP contribution in [0.5, 0.6) is 0 Å². The molecule has 0 bridgehead atoms. The topological polar surface area (TPSA) is 110 Å². The lowest BCUT2D eigenvalue weighted by Gasteiger charge is -2.31. The van der Waals surface area contributed by atoms with Gasteiger partial charge in [0.15, 0.2) is 0 Å². The zero-order valence-corrected chi connectivity index (χ0v) is 18.4. The number of nitrogens with zero attached hydrogens (tertiary/aromatic N) is 5. The highest BCUT2D eigenvalue weighted by atomic mass is 19.3. The van der Waals surface area contributed by atoms with E-state index in [1.807, 2.05) is 17.6 Å². The third-order valence-corrected chi connectivity index (χ3v) is 6.53. The SMILES string of the molecule is CC1C(=O)N(C)Cc2c(-c3cccc4nc(-c5noc(=O)[nH]5)c(C(F)F)cc34)nc(C3CC3)n21. The van der Waals surface area contributed by atoms with Crippen LogP contribution >= 0.6 is 0 Å².